The van der Waals surface area contributed by atoms with E-state index in [0.717, 1.165) is 12.1 Å². The quantitative estimate of drug-likeness (QED) is 0.769. The van der Waals surface area contributed by atoms with E-state index in [1.165, 1.54) is 0 Å². The van der Waals surface area contributed by atoms with Gasteiger partial charge in [0.25, 0.3) is 0 Å². The van der Waals surface area contributed by atoms with Gasteiger partial charge in [0.05, 0.1) is 17.6 Å². The molecule has 0 saturated heterocycles. The third-order valence-electron chi connectivity index (χ3n) is 2.38. The molecule has 3 nitrogen and oxygen atoms in total. The predicted molar refractivity (Wildman–Crippen MR) is 68.1 cm³/mol. The molecule has 0 aromatic carbocycles. The average Bonchev–Trinajstić information content (AvgIpc) is 2.18. The fourth-order valence-electron chi connectivity index (χ4n) is 1.09. The van der Waals surface area contributed by atoms with Crippen LogP contribution >= 0.6 is 12.2 Å². The Bertz CT molecular complexity index is 343. The molecule has 1 rings (SSSR count). The number of aromatic nitrogens is 1. The van der Waals surface area contributed by atoms with E-state index >= 15 is 0 Å². The molecule has 0 radical (unpaired) electrons. The highest BCUT2D eigenvalue weighted by Gasteiger charge is 2.14. The normalized spacial score (nSPS) is 11.1. The number of rotatable bonds is 4. The second-order valence-corrected chi connectivity index (χ2v) is 4.60. The monoisotopic (exact) mass is 223 g/mol. The Hall–Kier alpha value is -1.16. The minimum atomic E-state index is 0.0758. The summed E-state index contributed by atoms with van der Waals surface area (Å²) in [6.07, 6.45) is 2.80. The van der Waals surface area contributed by atoms with Gasteiger partial charge < -0.3 is 11.1 Å². The number of nitrogens with two attached hydrogens (primary N) is 1. The molecule has 4 heteroatoms. The van der Waals surface area contributed by atoms with Gasteiger partial charge in [-0.2, -0.15) is 0 Å². The van der Waals surface area contributed by atoms with Crippen molar-refractivity contribution in [3.05, 3.63) is 24.0 Å². The topological polar surface area (TPSA) is 50.9 Å². The van der Waals surface area contributed by atoms with Crippen molar-refractivity contribution in [2.24, 2.45) is 5.73 Å². The number of pyridine rings is 1. The van der Waals surface area contributed by atoms with Crippen molar-refractivity contribution in [1.82, 2.24) is 4.98 Å². The van der Waals surface area contributed by atoms with Crippen LogP contribution in [0.15, 0.2) is 18.3 Å². The first kappa shape index (κ1) is 11.9. The van der Waals surface area contributed by atoms with Crippen LogP contribution in [0.5, 0.6) is 0 Å². The summed E-state index contributed by atoms with van der Waals surface area (Å²) >= 11 is 4.83. The molecule has 0 aliphatic heterocycles. The van der Waals surface area contributed by atoms with Crippen LogP contribution < -0.4 is 11.1 Å². The van der Waals surface area contributed by atoms with Crippen LogP contribution in [0.4, 0.5) is 5.69 Å². The summed E-state index contributed by atoms with van der Waals surface area (Å²) in [5, 5.41) is 3.39. The van der Waals surface area contributed by atoms with Gasteiger partial charge in [-0.15, -0.1) is 0 Å². The van der Waals surface area contributed by atoms with Gasteiger partial charge in [0.1, 0.15) is 4.99 Å². The Morgan fingerprint density at radius 3 is 2.60 bits per heavy atom. The van der Waals surface area contributed by atoms with Crippen LogP contribution in [-0.2, 0) is 0 Å². The van der Waals surface area contributed by atoms with Gasteiger partial charge in [-0.3, -0.25) is 4.98 Å². The summed E-state index contributed by atoms with van der Waals surface area (Å²) in [5.41, 5.74) is 7.19. The number of hydrogen-bond donors (Lipinski definition) is 2. The molecule has 0 fully saturated rings. The molecule has 1 heterocycles. The highest BCUT2D eigenvalue weighted by molar-refractivity contribution is 7.80. The number of hydrogen-bond acceptors (Lipinski definition) is 3. The van der Waals surface area contributed by atoms with E-state index in [0.29, 0.717) is 10.7 Å². The molecule has 0 spiro atoms. The van der Waals surface area contributed by atoms with E-state index in [-0.39, 0.29) is 5.54 Å². The maximum absolute atomic E-state index is 5.47. The molecular weight excluding hydrogens is 206 g/mol. The van der Waals surface area contributed by atoms with Crippen molar-refractivity contribution in [3.8, 4) is 0 Å². The molecule has 0 bridgehead atoms. The van der Waals surface area contributed by atoms with Crippen LogP contribution in [0.2, 0.25) is 0 Å². The predicted octanol–water partition coefficient (Wildman–Crippen LogP) is 2.32. The van der Waals surface area contributed by atoms with Crippen molar-refractivity contribution < 1.29 is 0 Å². The zero-order valence-corrected chi connectivity index (χ0v) is 10.2. The number of nitrogens with zero attached hydrogens (tertiary/aromatic N) is 1. The van der Waals surface area contributed by atoms with Crippen molar-refractivity contribution in [2.45, 2.75) is 32.7 Å². The van der Waals surface area contributed by atoms with E-state index in [1.54, 1.807) is 6.20 Å². The maximum Gasteiger partial charge on any atom is 0.122 e. The molecule has 1 aromatic rings. The molecule has 0 aliphatic rings. The van der Waals surface area contributed by atoms with E-state index in [9.17, 15) is 0 Å². The lowest BCUT2D eigenvalue weighted by atomic mass is 10.0. The minimum absolute atomic E-state index is 0.0758. The molecule has 82 valence electrons. The summed E-state index contributed by atoms with van der Waals surface area (Å²) in [5.74, 6) is 0. The van der Waals surface area contributed by atoms with Gasteiger partial charge in [0, 0.05) is 5.54 Å². The summed E-state index contributed by atoms with van der Waals surface area (Å²) in [6, 6.07) is 3.77. The van der Waals surface area contributed by atoms with Gasteiger partial charge in [-0.1, -0.05) is 19.1 Å². The fraction of sp³-hybridized carbons (Fsp3) is 0.455. The van der Waals surface area contributed by atoms with Gasteiger partial charge in [0.2, 0.25) is 0 Å². The lowest BCUT2D eigenvalue weighted by Gasteiger charge is -2.25. The Kier molecular flexibility index (Phi) is 3.63. The molecule has 1 aromatic heterocycles. The van der Waals surface area contributed by atoms with E-state index in [4.69, 9.17) is 18.0 Å². The van der Waals surface area contributed by atoms with Gasteiger partial charge in [-0.05, 0) is 32.4 Å². The Morgan fingerprint density at radius 2 is 2.20 bits per heavy atom. The molecule has 0 atom stereocenters. The van der Waals surface area contributed by atoms with Gasteiger partial charge >= 0.3 is 0 Å². The Morgan fingerprint density at radius 1 is 1.53 bits per heavy atom. The number of thiocarbonyl (C=S) groups is 1. The second-order valence-electron chi connectivity index (χ2n) is 4.16. The van der Waals surface area contributed by atoms with E-state index in [1.807, 2.05) is 12.1 Å². The molecule has 0 amide bonds. The zero-order valence-electron chi connectivity index (χ0n) is 9.37. The molecular formula is C11H17N3S. The second kappa shape index (κ2) is 4.57. The van der Waals surface area contributed by atoms with Crippen molar-refractivity contribution in [1.29, 1.82) is 0 Å². The smallest absolute Gasteiger partial charge is 0.122 e. The van der Waals surface area contributed by atoms with Crippen LogP contribution in [0, 0.1) is 0 Å². The average molecular weight is 223 g/mol. The zero-order chi connectivity index (χ0) is 11.5. The minimum Gasteiger partial charge on any atom is -0.388 e. The van der Waals surface area contributed by atoms with E-state index in [2.05, 4.69) is 31.1 Å². The number of anilines is 1. The third kappa shape index (κ3) is 3.47. The van der Waals surface area contributed by atoms with Gasteiger partial charge in [-0.25, -0.2) is 0 Å². The molecule has 15 heavy (non-hydrogen) atoms. The SMILES string of the molecule is CCC(C)(C)Nc1ccc(C(N)=S)nc1. The molecule has 3 N–H and O–H groups in total. The maximum atomic E-state index is 5.47. The largest absolute Gasteiger partial charge is 0.388 e. The van der Waals surface area contributed by atoms with Crippen LogP contribution in [0.1, 0.15) is 32.9 Å². The van der Waals surface area contributed by atoms with Crippen molar-refractivity contribution in [3.63, 3.8) is 0 Å². The fourth-order valence-corrected chi connectivity index (χ4v) is 1.21. The number of nitrogens with one attached hydrogen (secondary N) is 1. The van der Waals surface area contributed by atoms with Crippen molar-refractivity contribution >= 4 is 22.9 Å². The first-order valence-corrected chi connectivity index (χ1v) is 5.39. The molecule has 0 aliphatic carbocycles. The van der Waals surface area contributed by atoms with Gasteiger partial charge in [0.15, 0.2) is 0 Å². The Balaban J connectivity index is 2.77. The van der Waals surface area contributed by atoms with Crippen LogP contribution in [0.25, 0.3) is 0 Å². The first-order chi connectivity index (χ1) is 6.94. The summed E-state index contributed by atoms with van der Waals surface area (Å²) < 4.78 is 0. The highest BCUT2D eigenvalue weighted by atomic mass is 32.1. The van der Waals surface area contributed by atoms with Crippen LogP contribution in [-0.4, -0.2) is 15.5 Å². The Labute approximate surface area is 96.1 Å². The lowest BCUT2D eigenvalue weighted by Crippen LogP contribution is -2.29. The summed E-state index contributed by atoms with van der Waals surface area (Å²) in [4.78, 5) is 4.50. The molecule has 0 saturated carbocycles. The lowest BCUT2D eigenvalue weighted by molar-refractivity contribution is 0.547. The first-order valence-electron chi connectivity index (χ1n) is 4.98. The molecule has 0 unspecified atom stereocenters. The van der Waals surface area contributed by atoms with Crippen molar-refractivity contribution in [2.75, 3.05) is 5.32 Å². The standard InChI is InChI=1S/C11H17N3S/c1-4-11(2,3)14-8-5-6-9(10(12)15)13-7-8/h5-7,14H,4H2,1-3H3,(H2,12,15). The van der Waals surface area contributed by atoms with Crippen LogP contribution in [0.3, 0.4) is 0 Å². The third-order valence-corrected chi connectivity index (χ3v) is 2.59. The summed E-state index contributed by atoms with van der Waals surface area (Å²) in [6.45, 7) is 6.44. The summed E-state index contributed by atoms with van der Waals surface area (Å²) in [7, 11) is 0. The van der Waals surface area contributed by atoms with E-state index < -0.39 is 0 Å². The highest BCUT2D eigenvalue weighted by Crippen LogP contribution is 2.16.